The highest BCUT2D eigenvalue weighted by atomic mass is 16.5. The molecule has 1 amide bonds. The Labute approximate surface area is 160 Å². The van der Waals surface area contributed by atoms with Crippen LogP contribution in [0.1, 0.15) is 61.0 Å². The van der Waals surface area contributed by atoms with Crippen LogP contribution in [0.25, 0.3) is 0 Å². The molecule has 0 radical (unpaired) electrons. The number of hydrogen-bond acceptors (Lipinski definition) is 4. The molecule has 0 saturated heterocycles. The van der Waals surface area contributed by atoms with Crippen LogP contribution in [0.15, 0.2) is 36.4 Å². The van der Waals surface area contributed by atoms with Gasteiger partial charge in [-0.3, -0.25) is 9.59 Å². The Morgan fingerprint density at radius 3 is 2.15 bits per heavy atom. The van der Waals surface area contributed by atoms with Gasteiger partial charge in [-0.05, 0) is 35.1 Å². The fourth-order valence-electron chi connectivity index (χ4n) is 2.95. The molecule has 0 aliphatic heterocycles. The number of hydrogen-bond donors (Lipinski definition) is 1. The van der Waals surface area contributed by atoms with Crippen molar-refractivity contribution in [1.82, 2.24) is 0 Å². The predicted molar refractivity (Wildman–Crippen MR) is 107 cm³/mol. The van der Waals surface area contributed by atoms with E-state index in [1.165, 1.54) is 7.11 Å². The fraction of sp³-hybridized carbons (Fsp3) is 0.364. The van der Waals surface area contributed by atoms with Crippen molar-refractivity contribution in [3.8, 4) is 11.5 Å². The van der Waals surface area contributed by atoms with Gasteiger partial charge in [-0.25, -0.2) is 0 Å². The molecule has 5 heteroatoms. The maximum absolute atomic E-state index is 12.6. The van der Waals surface area contributed by atoms with E-state index in [9.17, 15) is 9.59 Å². The standard InChI is InChI=1S/C22H27NO4/c1-14(2)17-9-7-10-18(15(3)4)21(17)23-20(25)13-27-22-16(12-24)8-6-11-19(22)26-5/h6-12,14-15H,13H2,1-5H3,(H,23,25). The average Bonchev–Trinajstić information content (AvgIpc) is 2.65. The lowest BCUT2D eigenvalue weighted by molar-refractivity contribution is -0.118. The van der Waals surface area contributed by atoms with Crippen LogP contribution in [-0.4, -0.2) is 25.9 Å². The lowest BCUT2D eigenvalue weighted by atomic mass is 9.92. The molecule has 0 aliphatic rings. The van der Waals surface area contributed by atoms with Crippen LogP contribution < -0.4 is 14.8 Å². The molecular weight excluding hydrogens is 342 g/mol. The molecule has 0 aromatic heterocycles. The topological polar surface area (TPSA) is 64.6 Å². The molecule has 2 rings (SSSR count). The summed E-state index contributed by atoms with van der Waals surface area (Å²) in [4.78, 5) is 23.8. The molecule has 2 aromatic rings. The van der Waals surface area contributed by atoms with Crippen molar-refractivity contribution in [2.75, 3.05) is 19.0 Å². The van der Waals surface area contributed by atoms with Crippen LogP contribution in [0.5, 0.6) is 11.5 Å². The van der Waals surface area contributed by atoms with Gasteiger partial charge >= 0.3 is 0 Å². The van der Waals surface area contributed by atoms with Gasteiger partial charge in [0.1, 0.15) is 0 Å². The Bertz CT molecular complexity index is 786. The second-order valence-corrected chi connectivity index (χ2v) is 6.95. The largest absolute Gasteiger partial charge is 0.493 e. The van der Waals surface area contributed by atoms with Crippen molar-refractivity contribution in [1.29, 1.82) is 0 Å². The molecule has 0 heterocycles. The third-order valence-electron chi connectivity index (χ3n) is 4.34. The molecule has 144 valence electrons. The Balaban J connectivity index is 2.22. The van der Waals surface area contributed by atoms with Gasteiger partial charge in [-0.15, -0.1) is 0 Å². The highest BCUT2D eigenvalue weighted by Gasteiger charge is 2.17. The van der Waals surface area contributed by atoms with Crippen LogP contribution in [0, 0.1) is 0 Å². The number of aldehydes is 1. The van der Waals surface area contributed by atoms with Gasteiger partial charge in [0.2, 0.25) is 0 Å². The van der Waals surface area contributed by atoms with E-state index in [2.05, 4.69) is 33.0 Å². The summed E-state index contributed by atoms with van der Waals surface area (Å²) >= 11 is 0. The van der Waals surface area contributed by atoms with E-state index in [-0.39, 0.29) is 30.1 Å². The van der Waals surface area contributed by atoms with Crippen LogP contribution >= 0.6 is 0 Å². The Morgan fingerprint density at radius 2 is 1.63 bits per heavy atom. The first kappa shape index (κ1) is 20.5. The minimum absolute atomic E-state index is 0.217. The van der Waals surface area contributed by atoms with E-state index in [0.29, 0.717) is 17.6 Å². The number of rotatable bonds is 8. The van der Waals surface area contributed by atoms with E-state index >= 15 is 0 Å². The normalized spacial score (nSPS) is 10.8. The lowest BCUT2D eigenvalue weighted by Crippen LogP contribution is -2.22. The minimum Gasteiger partial charge on any atom is -0.493 e. The molecule has 0 spiro atoms. The number of nitrogens with one attached hydrogen (secondary N) is 1. The summed E-state index contributed by atoms with van der Waals surface area (Å²) in [5.41, 5.74) is 3.35. The Kier molecular flexibility index (Phi) is 6.99. The smallest absolute Gasteiger partial charge is 0.262 e. The van der Waals surface area contributed by atoms with Gasteiger partial charge < -0.3 is 14.8 Å². The number of amides is 1. The quantitative estimate of drug-likeness (QED) is 0.681. The zero-order valence-corrected chi connectivity index (χ0v) is 16.5. The van der Waals surface area contributed by atoms with Gasteiger partial charge in [0, 0.05) is 5.69 Å². The first-order valence-corrected chi connectivity index (χ1v) is 9.06. The number of ether oxygens (including phenoxy) is 2. The van der Waals surface area contributed by atoms with Crippen LogP contribution in [0.3, 0.4) is 0 Å². The number of benzene rings is 2. The Morgan fingerprint density at radius 1 is 1.04 bits per heavy atom. The van der Waals surface area contributed by atoms with Crippen molar-refractivity contribution in [3.05, 3.63) is 53.1 Å². The third-order valence-corrected chi connectivity index (χ3v) is 4.34. The number of carbonyl (C=O) groups is 2. The SMILES string of the molecule is COc1cccc(C=O)c1OCC(=O)Nc1c(C(C)C)cccc1C(C)C. The summed E-state index contributed by atoms with van der Waals surface area (Å²) < 4.78 is 10.8. The van der Waals surface area contributed by atoms with Crippen molar-refractivity contribution >= 4 is 17.9 Å². The highest BCUT2D eigenvalue weighted by molar-refractivity contribution is 5.94. The molecule has 5 nitrogen and oxygen atoms in total. The van der Waals surface area contributed by atoms with Crippen molar-refractivity contribution in [3.63, 3.8) is 0 Å². The number of methoxy groups -OCH3 is 1. The lowest BCUT2D eigenvalue weighted by Gasteiger charge is -2.20. The van der Waals surface area contributed by atoms with E-state index < -0.39 is 0 Å². The van der Waals surface area contributed by atoms with Crippen LogP contribution in [0.2, 0.25) is 0 Å². The molecule has 0 aliphatic carbocycles. The molecular formula is C22H27NO4. The summed E-state index contributed by atoms with van der Waals surface area (Å²) in [6.07, 6.45) is 0.681. The third kappa shape index (κ3) is 4.88. The average molecular weight is 369 g/mol. The van der Waals surface area contributed by atoms with Crippen LogP contribution in [-0.2, 0) is 4.79 Å². The van der Waals surface area contributed by atoms with E-state index in [4.69, 9.17) is 9.47 Å². The van der Waals surface area contributed by atoms with Gasteiger partial charge in [-0.2, -0.15) is 0 Å². The minimum atomic E-state index is -0.284. The highest BCUT2D eigenvalue weighted by Crippen LogP contribution is 2.33. The Hall–Kier alpha value is -2.82. The van der Waals surface area contributed by atoms with E-state index in [1.54, 1.807) is 18.2 Å². The maximum Gasteiger partial charge on any atom is 0.262 e. The molecule has 0 atom stereocenters. The van der Waals surface area contributed by atoms with Gasteiger partial charge in [-0.1, -0.05) is 52.0 Å². The second-order valence-electron chi connectivity index (χ2n) is 6.95. The second kappa shape index (κ2) is 9.21. The molecule has 0 bridgehead atoms. The van der Waals surface area contributed by atoms with E-state index in [0.717, 1.165) is 16.8 Å². The molecule has 0 unspecified atom stereocenters. The summed E-state index contributed by atoms with van der Waals surface area (Å²) in [5, 5.41) is 2.99. The monoisotopic (exact) mass is 369 g/mol. The summed E-state index contributed by atoms with van der Waals surface area (Å²) in [7, 11) is 1.49. The number of carbonyl (C=O) groups excluding carboxylic acids is 2. The van der Waals surface area contributed by atoms with Crippen LogP contribution in [0.4, 0.5) is 5.69 Å². The summed E-state index contributed by atoms with van der Waals surface area (Å²) in [6.45, 7) is 8.16. The predicted octanol–water partition coefficient (Wildman–Crippen LogP) is 4.77. The molecule has 0 saturated carbocycles. The fourth-order valence-corrected chi connectivity index (χ4v) is 2.95. The van der Waals surface area contributed by atoms with Gasteiger partial charge in [0.05, 0.1) is 12.7 Å². The first-order chi connectivity index (χ1) is 12.9. The summed E-state index contributed by atoms with van der Waals surface area (Å²) in [6, 6.07) is 11.1. The molecule has 1 N–H and O–H groups in total. The number of anilines is 1. The molecule has 0 fully saturated rings. The molecule has 27 heavy (non-hydrogen) atoms. The zero-order chi connectivity index (χ0) is 20.0. The maximum atomic E-state index is 12.6. The first-order valence-electron chi connectivity index (χ1n) is 9.06. The number of para-hydroxylation sites is 2. The van der Waals surface area contributed by atoms with Crippen molar-refractivity contribution < 1.29 is 19.1 Å². The van der Waals surface area contributed by atoms with Gasteiger partial charge in [0.15, 0.2) is 24.4 Å². The zero-order valence-electron chi connectivity index (χ0n) is 16.5. The van der Waals surface area contributed by atoms with Crippen molar-refractivity contribution in [2.45, 2.75) is 39.5 Å². The summed E-state index contributed by atoms with van der Waals surface area (Å²) in [5.74, 6) is 0.948. The van der Waals surface area contributed by atoms with Gasteiger partial charge in [0.25, 0.3) is 5.91 Å². The molecule has 2 aromatic carbocycles. The van der Waals surface area contributed by atoms with Crippen molar-refractivity contribution in [2.24, 2.45) is 0 Å². The van der Waals surface area contributed by atoms with E-state index in [1.807, 2.05) is 18.2 Å².